The van der Waals surface area contributed by atoms with Crippen molar-refractivity contribution in [3.05, 3.63) is 128 Å². The quantitative estimate of drug-likeness (QED) is 0.0611. The molecule has 0 aliphatic heterocycles. The van der Waals surface area contributed by atoms with E-state index in [0.29, 0.717) is 33.7 Å². The average Bonchev–Trinajstić information content (AvgIpc) is 2.98. The molecule has 11 heteroatoms. The van der Waals surface area contributed by atoms with E-state index < -0.39 is 17.8 Å². The molecular weight excluding hydrogens is 613 g/mol. The normalized spacial score (nSPS) is 11.0. The summed E-state index contributed by atoms with van der Waals surface area (Å²) < 4.78 is 11.1. The van der Waals surface area contributed by atoms with E-state index in [2.05, 4.69) is 15.8 Å². The van der Waals surface area contributed by atoms with Gasteiger partial charge in [0.05, 0.1) is 23.4 Å². The minimum absolute atomic E-state index is 0.206. The van der Waals surface area contributed by atoms with E-state index in [1.54, 1.807) is 79.7 Å². The van der Waals surface area contributed by atoms with Crippen LogP contribution in [-0.2, 0) is 4.79 Å². The Balaban J connectivity index is 1.37. The monoisotopic (exact) mass is 635 g/mol. The maximum atomic E-state index is 12.7. The molecule has 0 spiro atoms. The molecule has 0 heterocycles. The molecule has 4 aromatic rings. The van der Waals surface area contributed by atoms with Gasteiger partial charge >= 0.3 is 5.97 Å². The smallest absolute Gasteiger partial charge is 0.336 e. The Morgan fingerprint density at radius 1 is 0.814 bits per heavy atom. The van der Waals surface area contributed by atoms with Crippen LogP contribution >= 0.6 is 34.8 Å². The first-order chi connectivity index (χ1) is 20.7. The number of benzene rings is 4. The second kappa shape index (κ2) is 15.0. The summed E-state index contributed by atoms with van der Waals surface area (Å²) >= 11 is 17.9. The number of anilines is 1. The van der Waals surface area contributed by atoms with Crippen molar-refractivity contribution in [3.63, 3.8) is 0 Å². The summed E-state index contributed by atoms with van der Waals surface area (Å²) in [5.41, 5.74) is 4.72. The first-order valence-electron chi connectivity index (χ1n) is 12.8. The summed E-state index contributed by atoms with van der Waals surface area (Å²) in [6.07, 6.45) is 4.33. The molecule has 0 aliphatic rings. The molecule has 4 aromatic carbocycles. The lowest BCUT2D eigenvalue weighted by atomic mass is 10.1. The molecule has 0 aliphatic carbocycles. The molecule has 0 fully saturated rings. The first kappa shape index (κ1) is 31.3. The third kappa shape index (κ3) is 9.18. The van der Waals surface area contributed by atoms with Crippen molar-refractivity contribution in [2.24, 2.45) is 5.10 Å². The van der Waals surface area contributed by atoms with Crippen LogP contribution in [0.4, 0.5) is 5.69 Å². The van der Waals surface area contributed by atoms with Crippen LogP contribution in [0.3, 0.4) is 0 Å². The summed E-state index contributed by atoms with van der Waals surface area (Å²) in [6.45, 7) is 2.13. The third-order valence-electron chi connectivity index (χ3n) is 5.70. The van der Waals surface area contributed by atoms with Gasteiger partial charge in [0.15, 0.2) is 11.5 Å². The number of amides is 2. The molecule has 0 unspecified atom stereocenters. The van der Waals surface area contributed by atoms with E-state index in [-0.39, 0.29) is 21.9 Å². The van der Waals surface area contributed by atoms with Gasteiger partial charge in [0, 0.05) is 27.4 Å². The Kier molecular flexibility index (Phi) is 10.9. The third-order valence-corrected chi connectivity index (χ3v) is 6.50. The Labute approximate surface area is 262 Å². The Morgan fingerprint density at radius 3 is 2.30 bits per heavy atom. The highest BCUT2D eigenvalue weighted by atomic mass is 35.5. The molecule has 8 nitrogen and oxygen atoms in total. The number of carbonyl (C=O) groups excluding carboxylic acids is 3. The van der Waals surface area contributed by atoms with E-state index in [9.17, 15) is 14.4 Å². The molecule has 0 atom stereocenters. The second-order valence-corrected chi connectivity index (χ2v) is 10.1. The van der Waals surface area contributed by atoms with Crippen LogP contribution in [0.15, 0.2) is 96.1 Å². The zero-order valence-electron chi connectivity index (χ0n) is 22.6. The van der Waals surface area contributed by atoms with Gasteiger partial charge in [-0.3, -0.25) is 9.59 Å². The zero-order valence-corrected chi connectivity index (χ0v) is 24.9. The summed E-state index contributed by atoms with van der Waals surface area (Å²) in [5.74, 6) is -0.976. The standard InChI is InChI=1S/C32H24Cl3N3O5/c1-2-42-29-16-21(8-14-28(29)43-30(39)15-9-20-6-10-23(33)11-7-20)19-36-38-31(40)22-4-3-5-25(17-22)37-32(41)26-13-12-24(34)18-27(26)35/h3-19H,2H2,1H3,(H,37,41)(H,38,40)/b15-9+,36-19?. The van der Waals surface area contributed by atoms with E-state index in [4.69, 9.17) is 44.3 Å². The summed E-state index contributed by atoms with van der Waals surface area (Å²) in [5, 5.41) is 7.93. The molecular formula is C32H24Cl3N3O5. The van der Waals surface area contributed by atoms with Crippen molar-refractivity contribution in [2.75, 3.05) is 11.9 Å². The summed E-state index contributed by atoms with van der Waals surface area (Å²) in [6, 6.07) is 22.7. The number of ether oxygens (including phenoxy) is 2. The summed E-state index contributed by atoms with van der Waals surface area (Å²) in [4.78, 5) is 37.7. The first-order valence-corrected chi connectivity index (χ1v) is 14.0. The van der Waals surface area contributed by atoms with Gasteiger partial charge in [-0.25, -0.2) is 10.2 Å². The maximum absolute atomic E-state index is 12.7. The van der Waals surface area contributed by atoms with E-state index in [0.717, 1.165) is 5.56 Å². The number of nitrogens with one attached hydrogen (secondary N) is 2. The van der Waals surface area contributed by atoms with Crippen LogP contribution in [0.2, 0.25) is 15.1 Å². The van der Waals surface area contributed by atoms with Gasteiger partial charge in [-0.2, -0.15) is 5.10 Å². The fourth-order valence-corrected chi connectivity index (χ4v) is 4.30. The lowest BCUT2D eigenvalue weighted by molar-refractivity contribution is -0.129. The maximum Gasteiger partial charge on any atom is 0.336 e. The Hall–Kier alpha value is -4.63. The van der Waals surface area contributed by atoms with Gasteiger partial charge < -0.3 is 14.8 Å². The molecule has 218 valence electrons. The van der Waals surface area contributed by atoms with Gasteiger partial charge in [0.2, 0.25) is 0 Å². The van der Waals surface area contributed by atoms with Gasteiger partial charge in [-0.15, -0.1) is 0 Å². The van der Waals surface area contributed by atoms with Crippen molar-refractivity contribution >= 4 is 70.6 Å². The minimum Gasteiger partial charge on any atom is -0.490 e. The average molecular weight is 637 g/mol. The topological polar surface area (TPSA) is 106 Å². The number of hydrazone groups is 1. The molecule has 43 heavy (non-hydrogen) atoms. The van der Waals surface area contributed by atoms with E-state index in [1.807, 2.05) is 0 Å². The molecule has 2 N–H and O–H groups in total. The molecule has 0 radical (unpaired) electrons. The number of hydrogen-bond acceptors (Lipinski definition) is 6. The highest BCUT2D eigenvalue weighted by molar-refractivity contribution is 6.37. The number of halogens is 3. The second-order valence-electron chi connectivity index (χ2n) is 8.80. The van der Waals surface area contributed by atoms with Gasteiger partial charge in [0.1, 0.15) is 0 Å². The highest BCUT2D eigenvalue weighted by Crippen LogP contribution is 2.28. The number of hydrogen-bond donors (Lipinski definition) is 2. The van der Waals surface area contributed by atoms with Crippen molar-refractivity contribution in [1.82, 2.24) is 5.43 Å². The van der Waals surface area contributed by atoms with Crippen molar-refractivity contribution < 1.29 is 23.9 Å². The fraction of sp³-hybridized carbons (Fsp3) is 0.0625. The molecule has 4 rings (SSSR count). The predicted octanol–water partition coefficient (Wildman–Crippen LogP) is 7.68. The van der Waals surface area contributed by atoms with Gasteiger partial charge in [-0.1, -0.05) is 53.0 Å². The predicted molar refractivity (Wildman–Crippen MR) is 170 cm³/mol. The molecule has 0 saturated carbocycles. The van der Waals surface area contributed by atoms with Gasteiger partial charge in [0.25, 0.3) is 11.8 Å². The molecule has 0 aromatic heterocycles. The Bertz CT molecular complexity index is 1710. The summed E-state index contributed by atoms with van der Waals surface area (Å²) in [7, 11) is 0. The molecule has 0 bridgehead atoms. The molecule has 2 amide bonds. The zero-order chi connectivity index (χ0) is 30.8. The number of nitrogens with zero attached hydrogens (tertiary/aromatic N) is 1. The van der Waals surface area contributed by atoms with Crippen LogP contribution in [0, 0.1) is 0 Å². The molecule has 0 saturated heterocycles. The van der Waals surface area contributed by atoms with Crippen molar-refractivity contribution in [1.29, 1.82) is 0 Å². The fourth-order valence-electron chi connectivity index (χ4n) is 3.68. The van der Waals surface area contributed by atoms with Crippen LogP contribution in [0.25, 0.3) is 6.08 Å². The SMILES string of the molecule is CCOc1cc(C=NNC(=O)c2cccc(NC(=O)c3ccc(Cl)cc3Cl)c2)ccc1OC(=O)/C=C/c1ccc(Cl)cc1. The Morgan fingerprint density at radius 2 is 1.56 bits per heavy atom. The number of rotatable bonds is 10. The largest absolute Gasteiger partial charge is 0.490 e. The minimum atomic E-state index is -0.584. The van der Waals surface area contributed by atoms with Crippen LogP contribution in [0.1, 0.15) is 38.8 Å². The van der Waals surface area contributed by atoms with Crippen LogP contribution < -0.4 is 20.2 Å². The highest BCUT2D eigenvalue weighted by Gasteiger charge is 2.13. The lowest BCUT2D eigenvalue weighted by Crippen LogP contribution is -2.18. The van der Waals surface area contributed by atoms with E-state index >= 15 is 0 Å². The van der Waals surface area contributed by atoms with Crippen LogP contribution in [-0.4, -0.2) is 30.6 Å². The van der Waals surface area contributed by atoms with E-state index in [1.165, 1.54) is 30.5 Å². The lowest BCUT2D eigenvalue weighted by Gasteiger charge is -2.10. The van der Waals surface area contributed by atoms with Crippen LogP contribution in [0.5, 0.6) is 11.5 Å². The number of carbonyl (C=O) groups is 3. The van der Waals surface area contributed by atoms with Crippen molar-refractivity contribution in [3.8, 4) is 11.5 Å². The van der Waals surface area contributed by atoms with Gasteiger partial charge in [-0.05, 0) is 90.9 Å². The number of esters is 1. The van der Waals surface area contributed by atoms with Crippen molar-refractivity contribution in [2.45, 2.75) is 6.92 Å².